The van der Waals surface area contributed by atoms with Gasteiger partial charge in [0, 0.05) is 23.0 Å². The van der Waals surface area contributed by atoms with E-state index in [1.54, 1.807) is 11.3 Å². The molecule has 0 atom stereocenters. The molecule has 0 saturated heterocycles. The van der Waals surface area contributed by atoms with Gasteiger partial charge in [0.05, 0.1) is 3.79 Å². The van der Waals surface area contributed by atoms with E-state index in [-0.39, 0.29) is 0 Å². The molecule has 16 heavy (non-hydrogen) atoms. The highest BCUT2D eigenvalue weighted by molar-refractivity contribution is 9.11. The monoisotopic (exact) mass is 315 g/mol. The second-order valence-corrected chi connectivity index (χ2v) is 6.20. The highest BCUT2D eigenvalue weighted by Crippen LogP contribution is 2.23. The Kier molecular flexibility index (Phi) is 4.27. The lowest BCUT2D eigenvalue weighted by Crippen LogP contribution is -1.96. The summed E-state index contributed by atoms with van der Waals surface area (Å²) in [6.45, 7) is 0.858. The van der Waals surface area contributed by atoms with E-state index in [0.29, 0.717) is 5.88 Å². The van der Waals surface area contributed by atoms with E-state index >= 15 is 0 Å². The minimum atomic E-state index is 0.568. The summed E-state index contributed by atoms with van der Waals surface area (Å²) in [5, 5.41) is 3.37. The molecule has 2 aromatic rings. The predicted octanol–water partition coefficient (Wildman–Crippen LogP) is 4.86. The van der Waals surface area contributed by atoms with Gasteiger partial charge in [0.1, 0.15) is 0 Å². The zero-order valence-electron chi connectivity index (χ0n) is 8.54. The Labute approximate surface area is 113 Å². The fourth-order valence-electron chi connectivity index (χ4n) is 1.35. The van der Waals surface area contributed by atoms with Gasteiger partial charge in [-0.25, -0.2) is 0 Å². The smallest absolute Gasteiger partial charge is 0.0702 e. The normalized spacial score (nSPS) is 10.4. The third-order valence-corrected chi connectivity index (χ3v) is 4.14. The molecule has 2 rings (SSSR count). The molecule has 1 aromatic heterocycles. The maximum atomic E-state index is 5.73. The molecular formula is C12H11BrClNS. The minimum absolute atomic E-state index is 0.568. The molecule has 1 aromatic carbocycles. The van der Waals surface area contributed by atoms with Crippen LogP contribution < -0.4 is 5.32 Å². The van der Waals surface area contributed by atoms with Crippen LogP contribution in [-0.2, 0) is 12.4 Å². The number of hydrogen-bond acceptors (Lipinski definition) is 2. The summed E-state index contributed by atoms with van der Waals surface area (Å²) in [6, 6.07) is 12.4. The second kappa shape index (κ2) is 5.71. The van der Waals surface area contributed by atoms with Gasteiger partial charge in [0.2, 0.25) is 0 Å². The molecule has 0 fully saturated rings. The van der Waals surface area contributed by atoms with Crippen LogP contribution in [0.1, 0.15) is 10.4 Å². The lowest BCUT2D eigenvalue weighted by atomic mass is 10.2. The molecule has 1 N–H and O–H groups in total. The predicted molar refractivity (Wildman–Crippen MR) is 75.3 cm³/mol. The number of rotatable bonds is 4. The number of anilines is 1. The summed E-state index contributed by atoms with van der Waals surface area (Å²) in [7, 11) is 0. The molecule has 0 aliphatic heterocycles. The second-order valence-electron chi connectivity index (χ2n) is 3.39. The SMILES string of the molecule is ClCc1ccc(NCc2ccc(Br)s2)cc1. The zero-order chi connectivity index (χ0) is 11.4. The molecule has 0 spiro atoms. The van der Waals surface area contributed by atoms with Gasteiger partial charge in [-0.2, -0.15) is 0 Å². The van der Waals surface area contributed by atoms with Crippen LogP contribution in [-0.4, -0.2) is 0 Å². The van der Waals surface area contributed by atoms with Crippen molar-refractivity contribution < 1.29 is 0 Å². The molecule has 0 unspecified atom stereocenters. The van der Waals surface area contributed by atoms with Crippen LogP contribution in [0.3, 0.4) is 0 Å². The topological polar surface area (TPSA) is 12.0 Å². The molecule has 84 valence electrons. The van der Waals surface area contributed by atoms with Crippen LogP contribution in [0.15, 0.2) is 40.2 Å². The standard InChI is InChI=1S/C12H11BrClNS/c13-12-6-5-11(16-12)8-15-10-3-1-9(7-14)2-4-10/h1-6,15H,7-8H2. The van der Waals surface area contributed by atoms with Gasteiger partial charge in [-0.3, -0.25) is 0 Å². The Balaban J connectivity index is 1.94. The molecule has 1 nitrogen and oxygen atoms in total. The zero-order valence-corrected chi connectivity index (χ0v) is 11.7. The summed E-state index contributed by atoms with van der Waals surface area (Å²) in [6.07, 6.45) is 0. The van der Waals surface area contributed by atoms with Gasteiger partial charge in [-0.05, 0) is 45.8 Å². The van der Waals surface area contributed by atoms with E-state index in [1.807, 2.05) is 12.1 Å². The van der Waals surface area contributed by atoms with Crippen LogP contribution in [0.2, 0.25) is 0 Å². The Morgan fingerprint density at radius 1 is 1.12 bits per heavy atom. The van der Waals surface area contributed by atoms with Gasteiger partial charge in [-0.15, -0.1) is 22.9 Å². The third kappa shape index (κ3) is 3.24. The van der Waals surface area contributed by atoms with Crippen LogP contribution >= 0.6 is 38.9 Å². The quantitative estimate of drug-likeness (QED) is 0.794. The van der Waals surface area contributed by atoms with Gasteiger partial charge >= 0.3 is 0 Å². The summed E-state index contributed by atoms with van der Waals surface area (Å²) < 4.78 is 1.17. The summed E-state index contributed by atoms with van der Waals surface area (Å²) in [5.41, 5.74) is 2.27. The Morgan fingerprint density at radius 2 is 1.88 bits per heavy atom. The van der Waals surface area contributed by atoms with E-state index in [2.05, 4.69) is 45.5 Å². The van der Waals surface area contributed by atoms with Gasteiger partial charge in [0.25, 0.3) is 0 Å². The molecular weight excluding hydrogens is 306 g/mol. The number of hydrogen-bond donors (Lipinski definition) is 1. The lowest BCUT2D eigenvalue weighted by molar-refractivity contribution is 1.19. The fourth-order valence-corrected chi connectivity index (χ4v) is 2.95. The Morgan fingerprint density at radius 3 is 2.44 bits per heavy atom. The minimum Gasteiger partial charge on any atom is -0.380 e. The van der Waals surface area contributed by atoms with Crippen molar-refractivity contribution in [1.29, 1.82) is 0 Å². The lowest BCUT2D eigenvalue weighted by Gasteiger charge is -2.05. The molecule has 0 aliphatic rings. The first-order valence-corrected chi connectivity index (χ1v) is 7.05. The van der Waals surface area contributed by atoms with E-state index < -0.39 is 0 Å². The average Bonchev–Trinajstić information content (AvgIpc) is 2.73. The summed E-state index contributed by atoms with van der Waals surface area (Å²) in [4.78, 5) is 1.31. The Hall–Kier alpha value is -0.510. The first kappa shape index (κ1) is 12.0. The van der Waals surface area contributed by atoms with Crippen molar-refractivity contribution in [3.63, 3.8) is 0 Å². The maximum Gasteiger partial charge on any atom is 0.0702 e. The molecule has 4 heteroatoms. The van der Waals surface area contributed by atoms with E-state index in [4.69, 9.17) is 11.6 Å². The highest BCUT2D eigenvalue weighted by Gasteiger charge is 1.98. The van der Waals surface area contributed by atoms with Crippen LogP contribution in [0.25, 0.3) is 0 Å². The number of halogens is 2. The number of benzene rings is 1. The molecule has 0 saturated carbocycles. The number of nitrogens with one attached hydrogen (secondary N) is 1. The summed E-state index contributed by atoms with van der Waals surface area (Å²) in [5.74, 6) is 0.568. The summed E-state index contributed by atoms with van der Waals surface area (Å²) >= 11 is 10.9. The first-order chi connectivity index (χ1) is 7.78. The van der Waals surface area contributed by atoms with E-state index in [9.17, 15) is 0 Å². The molecule has 1 heterocycles. The van der Waals surface area contributed by atoms with Crippen molar-refractivity contribution in [2.75, 3.05) is 5.32 Å². The van der Waals surface area contributed by atoms with Gasteiger partial charge in [0.15, 0.2) is 0 Å². The van der Waals surface area contributed by atoms with Gasteiger partial charge in [-0.1, -0.05) is 12.1 Å². The van der Waals surface area contributed by atoms with Crippen molar-refractivity contribution in [3.8, 4) is 0 Å². The first-order valence-electron chi connectivity index (χ1n) is 4.91. The number of thiophene rings is 1. The average molecular weight is 317 g/mol. The van der Waals surface area contributed by atoms with Crippen LogP contribution in [0.5, 0.6) is 0 Å². The van der Waals surface area contributed by atoms with Gasteiger partial charge < -0.3 is 5.32 Å². The largest absolute Gasteiger partial charge is 0.380 e. The van der Waals surface area contributed by atoms with Crippen molar-refractivity contribution in [2.24, 2.45) is 0 Å². The highest BCUT2D eigenvalue weighted by atomic mass is 79.9. The Bertz CT molecular complexity index is 452. The maximum absolute atomic E-state index is 5.73. The van der Waals surface area contributed by atoms with Crippen LogP contribution in [0, 0.1) is 0 Å². The molecule has 0 radical (unpaired) electrons. The number of alkyl halides is 1. The van der Waals surface area contributed by atoms with Crippen molar-refractivity contribution in [3.05, 3.63) is 50.6 Å². The van der Waals surface area contributed by atoms with Crippen LogP contribution in [0.4, 0.5) is 5.69 Å². The van der Waals surface area contributed by atoms with Crippen molar-refractivity contribution in [1.82, 2.24) is 0 Å². The third-order valence-electron chi connectivity index (χ3n) is 2.20. The molecule has 0 amide bonds. The van der Waals surface area contributed by atoms with E-state index in [0.717, 1.165) is 17.8 Å². The molecule has 0 aliphatic carbocycles. The molecule has 0 bridgehead atoms. The van der Waals surface area contributed by atoms with E-state index in [1.165, 1.54) is 8.66 Å². The van der Waals surface area contributed by atoms with Crippen molar-refractivity contribution >= 4 is 44.6 Å². The van der Waals surface area contributed by atoms with Crippen molar-refractivity contribution in [2.45, 2.75) is 12.4 Å². The fraction of sp³-hybridized carbons (Fsp3) is 0.167.